The third-order valence-corrected chi connectivity index (χ3v) is 6.30. The Bertz CT molecular complexity index is 765. The first kappa shape index (κ1) is 16.8. The molecule has 9 heteroatoms. The zero-order valence-electron chi connectivity index (χ0n) is 13.1. The predicted molar refractivity (Wildman–Crippen MR) is 82.9 cm³/mol. The molecule has 2 heterocycles. The van der Waals surface area contributed by atoms with Crippen molar-refractivity contribution in [3.05, 3.63) is 30.1 Å². The second-order valence-corrected chi connectivity index (χ2v) is 8.05. The standard InChI is InChI=1S/C15H18FN3O4S/c1-18(24(22,23)12-5-2-10(16)3-6-12)9-14(20)19-11-4-7-13(19)15(21)17-8-11/h2-3,5-6,11,13H,4,7-9H2,1H3,(H,17,21). The average molecular weight is 355 g/mol. The van der Waals surface area contributed by atoms with Gasteiger partial charge in [0.05, 0.1) is 17.5 Å². The van der Waals surface area contributed by atoms with Crippen molar-refractivity contribution in [1.82, 2.24) is 14.5 Å². The van der Waals surface area contributed by atoms with Gasteiger partial charge in [-0.1, -0.05) is 0 Å². The third-order valence-electron chi connectivity index (χ3n) is 4.48. The molecular weight excluding hydrogens is 337 g/mol. The van der Waals surface area contributed by atoms with Gasteiger partial charge in [0.15, 0.2) is 0 Å². The number of amides is 2. The molecule has 2 saturated heterocycles. The molecule has 7 nitrogen and oxygen atoms in total. The van der Waals surface area contributed by atoms with E-state index in [2.05, 4.69) is 5.32 Å². The summed E-state index contributed by atoms with van der Waals surface area (Å²) < 4.78 is 38.8. The molecule has 2 amide bonds. The van der Waals surface area contributed by atoms with Gasteiger partial charge in [0.1, 0.15) is 11.9 Å². The van der Waals surface area contributed by atoms with Crippen LogP contribution >= 0.6 is 0 Å². The highest BCUT2D eigenvalue weighted by Crippen LogP contribution is 2.27. The second kappa shape index (κ2) is 6.14. The maximum Gasteiger partial charge on any atom is 0.243 e. The Morgan fingerprint density at radius 1 is 1.33 bits per heavy atom. The number of hydrogen-bond donors (Lipinski definition) is 1. The van der Waals surface area contributed by atoms with Gasteiger partial charge in [-0.05, 0) is 37.1 Å². The van der Waals surface area contributed by atoms with Gasteiger partial charge in [-0.25, -0.2) is 12.8 Å². The number of halogens is 1. The van der Waals surface area contributed by atoms with Gasteiger partial charge >= 0.3 is 0 Å². The number of nitrogens with zero attached hydrogens (tertiary/aromatic N) is 2. The number of carbonyl (C=O) groups excluding carboxylic acids is 2. The first-order valence-electron chi connectivity index (χ1n) is 7.61. The summed E-state index contributed by atoms with van der Waals surface area (Å²) >= 11 is 0. The molecule has 24 heavy (non-hydrogen) atoms. The van der Waals surface area contributed by atoms with E-state index in [1.165, 1.54) is 11.9 Å². The van der Waals surface area contributed by atoms with Crippen LogP contribution in [-0.2, 0) is 19.6 Å². The van der Waals surface area contributed by atoms with E-state index in [1.54, 1.807) is 0 Å². The maximum atomic E-state index is 13.0. The lowest BCUT2D eigenvalue weighted by atomic mass is 10.2. The summed E-state index contributed by atoms with van der Waals surface area (Å²) in [5, 5.41) is 2.74. The Hall–Kier alpha value is -2.00. The van der Waals surface area contributed by atoms with E-state index >= 15 is 0 Å². The first-order valence-corrected chi connectivity index (χ1v) is 9.05. The average Bonchev–Trinajstić information content (AvgIpc) is 2.88. The fourth-order valence-electron chi connectivity index (χ4n) is 3.20. The normalized spacial score (nSPS) is 23.5. The zero-order chi connectivity index (χ0) is 17.5. The summed E-state index contributed by atoms with van der Waals surface area (Å²) in [4.78, 5) is 25.8. The fraction of sp³-hybridized carbons (Fsp3) is 0.467. The van der Waals surface area contributed by atoms with Crippen molar-refractivity contribution in [3.8, 4) is 0 Å². The van der Waals surface area contributed by atoms with Gasteiger partial charge < -0.3 is 10.2 Å². The monoisotopic (exact) mass is 355 g/mol. The van der Waals surface area contributed by atoms with Crippen LogP contribution in [0.4, 0.5) is 4.39 Å². The van der Waals surface area contributed by atoms with Crippen LogP contribution in [0.5, 0.6) is 0 Å². The molecule has 1 N–H and O–H groups in total. The second-order valence-electron chi connectivity index (χ2n) is 6.01. The number of likely N-dealkylation sites (N-methyl/N-ethyl adjacent to an activating group) is 1. The minimum atomic E-state index is -3.90. The molecule has 2 unspecified atom stereocenters. The molecule has 3 rings (SSSR count). The summed E-state index contributed by atoms with van der Waals surface area (Å²) in [7, 11) is -2.60. The van der Waals surface area contributed by atoms with Crippen molar-refractivity contribution in [3.63, 3.8) is 0 Å². The Morgan fingerprint density at radius 3 is 2.67 bits per heavy atom. The number of nitrogens with one attached hydrogen (secondary N) is 1. The molecule has 0 saturated carbocycles. The van der Waals surface area contributed by atoms with E-state index in [0.717, 1.165) is 35.0 Å². The number of piperazine rings is 1. The molecule has 2 atom stereocenters. The predicted octanol–water partition coefficient (Wildman–Crippen LogP) is -0.0644. The molecule has 1 aromatic carbocycles. The molecule has 0 radical (unpaired) electrons. The first-order chi connectivity index (χ1) is 11.3. The van der Waals surface area contributed by atoms with Crippen LogP contribution in [0.2, 0.25) is 0 Å². The van der Waals surface area contributed by atoms with Gasteiger partial charge in [-0.3, -0.25) is 9.59 Å². The zero-order valence-corrected chi connectivity index (χ0v) is 13.9. The summed E-state index contributed by atoms with van der Waals surface area (Å²) in [6.45, 7) is 0.0372. The van der Waals surface area contributed by atoms with Gasteiger partial charge in [-0.15, -0.1) is 0 Å². The Morgan fingerprint density at radius 2 is 2.00 bits per heavy atom. The van der Waals surface area contributed by atoms with Crippen molar-refractivity contribution < 1.29 is 22.4 Å². The number of hydrogen-bond acceptors (Lipinski definition) is 4. The molecule has 2 aliphatic heterocycles. The van der Waals surface area contributed by atoms with Crippen LogP contribution in [0.15, 0.2) is 29.2 Å². The van der Waals surface area contributed by atoms with Gasteiger partial charge in [0.25, 0.3) is 0 Å². The van der Waals surface area contributed by atoms with E-state index in [9.17, 15) is 22.4 Å². The number of sulfonamides is 1. The molecule has 0 aromatic heterocycles. The van der Waals surface area contributed by atoms with E-state index in [1.807, 2.05) is 0 Å². The largest absolute Gasteiger partial charge is 0.352 e. The number of benzene rings is 1. The lowest BCUT2D eigenvalue weighted by Gasteiger charge is -2.35. The number of carbonyl (C=O) groups is 2. The highest BCUT2D eigenvalue weighted by Gasteiger charge is 2.44. The van der Waals surface area contributed by atoms with Gasteiger partial charge in [-0.2, -0.15) is 4.31 Å². The molecule has 130 valence electrons. The Balaban J connectivity index is 1.74. The number of fused-ring (bicyclic) bond motifs is 2. The maximum absolute atomic E-state index is 13.0. The number of rotatable bonds is 4. The quantitative estimate of drug-likeness (QED) is 0.820. The smallest absolute Gasteiger partial charge is 0.243 e. The van der Waals surface area contributed by atoms with Crippen LogP contribution in [-0.4, -0.2) is 61.7 Å². The summed E-state index contributed by atoms with van der Waals surface area (Å²) in [6, 6.07) is 3.82. The van der Waals surface area contributed by atoms with E-state index in [4.69, 9.17) is 0 Å². The van der Waals surface area contributed by atoms with Gasteiger partial charge in [0, 0.05) is 13.6 Å². The fourth-order valence-corrected chi connectivity index (χ4v) is 4.32. The highest BCUT2D eigenvalue weighted by atomic mass is 32.2. The Kier molecular flexibility index (Phi) is 4.31. The van der Waals surface area contributed by atoms with E-state index in [0.29, 0.717) is 13.0 Å². The minimum Gasteiger partial charge on any atom is -0.352 e. The van der Waals surface area contributed by atoms with Crippen molar-refractivity contribution in [2.45, 2.75) is 29.8 Å². The van der Waals surface area contributed by atoms with Crippen molar-refractivity contribution >= 4 is 21.8 Å². The molecule has 2 bridgehead atoms. The van der Waals surface area contributed by atoms with Gasteiger partial charge in [0.2, 0.25) is 21.8 Å². The van der Waals surface area contributed by atoms with Crippen molar-refractivity contribution in [1.29, 1.82) is 0 Å². The molecule has 1 aromatic rings. The van der Waals surface area contributed by atoms with E-state index < -0.39 is 27.8 Å². The summed E-state index contributed by atoms with van der Waals surface area (Å²) in [6.07, 6.45) is 1.32. The molecular formula is C15H18FN3O4S. The van der Waals surface area contributed by atoms with Crippen LogP contribution in [0.25, 0.3) is 0 Å². The van der Waals surface area contributed by atoms with E-state index in [-0.39, 0.29) is 23.4 Å². The Labute approximate surface area is 139 Å². The molecule has 0 aliphatic carbocycles. The summed E-state index contributed by atoms with van der Waals surface area (Å²) in [5.74, 6) is -1.13. The van der Waals surface area contributed by atoms with Crippen molar-refractivity contribution in [2.75, 3.05) is 20.1 Å². The van der Waals surface area contributed by atoms with Crippen molar-refractivity contribution in [2.24, 2.45) is 0 Å². The highest BCUT2D eigenvalue weighted by molar-refractivity contribution is 7.89. The lowest BCUT2D eigenvalue weighted by Crippen LogP contribution is -2.59. The van der Waals surface area contributed by atoms with Crippen LogP contribution < -0.4 is 5.32 Å². The minimum absolute atomic E-state index is 0.0814. The molecule has 2 aliphatic rings. The molecule has 0 spiro atoms. The van der Waals surface area contributed by atoms with Crippen LogP contribution in [0.3, 0.4) is 0 Å². The topological polar surface area (TPSA) is 86.8 Å². The molecule has 2 fully saturated rings. The lowest BCUT2D eigenvalue weighted by molar-refractivity contribution is -0.143. The third kappa shape index (κ3) is 2.89. The van der Waals surface area contributed by atoms with Crippen LogP contribution in [0, 0.1) is 5.82 Å². The van der Waals surface area contributed by atoms with Crippen LogP contribution in [0.1, 0.15) is 12.8 Å². The SMILES string of the molecule is CN(CC(=O)N1C2CCC1C(=O)NC2)S(=O)(=O)c1ccc(F)cc1. The summed E-state index contributed by atoms with van der Waals surface area (Å²) in [5.41, 5.74) is 0.